The van der Waals surface area contributed by atoms with Crippen LogP contribution in [0.25, 0.3) is 0 Å². The minimum absolute atomic E-state index is 0.189. The predicted molar refractivity (Wildman–Crippen MR) is 67.7 cm³/mol. The molecule has 0 radical (unpaired) electrons. The van der Waals surface area contributed by atoms with E-state index in [4.69, 9.17) is 0 Å². The van der Waals surface area contributed by atoms with Gasteiger partial charge < -0.3 is 0 Å². The van der Waals surface area contributed by atoms with Crippen molar-refractivity contribution >= 4 is 23.7 Å². The van der Waals surface area contributed by atoms with Crippen molar-refractivity contribution in [3.05, 3.63) is 25.3 Å². The predicted octanol–water partition coefficient (Wildman–Crippen LogP) is 5.41. The normalized spacial score (nSPS) is 25.7. The minimum atomic E-state index is -5.62. The topological polar surface area (TPSA) is 40.0 Å². The van der Waals surface area contributed by atoms with Crippen LogP contribution in [0.5, 0.6) is 0 Å². The molecule has 0 saturated heterocycles. The van der Waals surface area contributed by atoms with Crippen molar-refractivity contribution in [3.8, 4) is 0 Å². The number of halogens is 5. The summed E-state index contributed by atoms with van der Waals surface area (Å²) in [5, 5.41) is 0. The Morgan fingerprint density at radius 3 is 2.06 bits per heavy atom. The summed E-state index contributed by atoms with van der Waals surface area (Å²) >= 11 is 0. The van der Waals surface area contributed by atoms with E-state index in [9.17, 15) is 21.0 Å². The molecule has 1 heterocycles. The molecule has 12 heteroatoms. The number of nitrogens with zero attached hydrogens (tertiary/aromatic N) is 3. The van der Waals surface area contributed by atoms with Gasteiger partial charge >= 0.3 is 102 Å². The average Bonchev–Trinajstić information content (AvgIpc) is 2.11. The van der Waals surface area contributed by atoms with E-state index in [1.54, 1.807) is 0 Å². The van der Waals surface area contributed by atoms with Crippen LogP contribution in [0.4, 0.5) is 21.0 Å². The number of rotatable bonds is 5. The van der Waals surface area contributed by atoms with Gasteiger partial charge in [-0.15, -0.1) is 0 Å². The summed E-state index contributed by atoms with van der Waals surface area (Å²) in [6.45, 7) is 6.24. The van der Waals surface area contributed by atoms with Gasteiger partial charge in [0.2, 0.25) is 0 Å². The summed E-state index contributed by atoms with van der Waals surface area (Å²) in [6, 6.07) is 0. The van der Waals surface area contributed by atoms with Gasteiger partial charge in [-0.05, 0) is 0 Å². The average molecular weight is 328 g/mol. The van der Waals surface area contributed by atoms with E-state index >= 15 is 0 Å². The van der Waals surface area contributed by atoms with Crippen LogP contribution in [0.2, 0.25) is 0 Å². The second-order valence-electron chi connectivity index (χ2n) is 3.31. The van der Waals surface area contributed by atoms with Crippen LogP contribution < -0.4 is 4.86 Å². The van der Waals surface area contributed by atoms with Gasteiger partial charge in [0.25, 0.3) is 0 Å². The molecule has 0 amide bonds. The van der Waals surface area contributed by atoms with Crippen LogP contribution >= 0.6 is 23.7 Å². The van der Waals surface area contributed by atoms with Crippen LogP contribution in [-0.4, -0.2) is 17.8 Å². The van der Waals surface area contributed by atoms with Crippen LogP contribution in [0.3, 0.4) is 0 Å². The Morgan fingerprint density at radius 1 is 1.17 bits per heavy atom. The van der Waals surface area contributed by atoms with Crippen molar-refractivity contribution in [2.24, 2.45) is 9.03 Å². The van der Waals surface area contributed by atoms with Gasteiger partial charge in [0.1, 0.15) is 0 Å². The molecule has 1 aliphatic heterocycles. The maximum atomic E-state index is 14.3. The number of hydrogen-bond acceptors (Lipinski definition) is 4. The molecule has 4 nitrogen and oxygen atoms in total. The molecule has 0 unspecified atom stereocenters. The Labute approximate surface area is 102 Å². The molecule has 18 heavy (non-hydrogen) atoms. The molecular formula is C6H12F5N4P3. The van der Waals surface area contributed by atoms with Crippen molar-refractivity contribution in [2.45, 2.75) is 0 Å². The fourth-order valence-electron chi connectivity index (χ4n) is 1.29. The number of nitrogens with one attached hydrogen (secondary N) is 1. The molecule has 1 N–H and O–H groups in total. The molecule has 0 aromatic carbocycles. The summed E-state index contributed by atoms with van der Waals surface area (Å²) in [6.07, 6.45) is 2.43. The quantitative estimate of drug-likeness (QED) is 0.416. The fourth-order valence-corrected chi connectivity index (χ4v) is 8.52. The van der Waals surface area contributed by atoms with Crippen LogP contribution in [0.15, 0.2) is 34.3 Å². The second kappa shape index (κ2) is 5.51. The van der Waals surface area contributed by atoms with Gasteiger partial charge in [0.05, 0.1) is 0 Å². The van der Waals surface area contributed by atoms with E-state index in [1.165, 1.54) is 17.0 Å². The second-order valence-corrected chi connectivity index (χ2v) is 9.41. The molecular weight excluding hydrogens is 316 g/mol. The van der Waals surface area contributed by atoms with Gasteiger partial charge in [-0.3, -0.25) is 0 Å². The molecule has 0 aromatic rings. The zero-order chi connectivity index (χ0) is 14.0. The third-order valence-corrected chi connectivity index (χ3v) is 9.07. The molecule has 1 rings (SSSR count). The first-order valence-electron chi connectivity index (χ1n) is 4.65. The Bertz CT molecular complexity index is 446. The van der Waals surface area contributed by atoms with Crippen molar-refractivity contribution in [2.75, 3.05) is 13.1 Å². The molecule has 0 aromatic heterocycles. The van der Waals surface area contributed by atoms with E-state index in [-0.39, 0.29) is 13.1 Å². The van der Waals surface area contributed by atoms with Gasteiger partial charge in [0, 0.05) is 0 Å². The first-order valence-corrected chi connectivity index (χ1v) is 9.42. The summed E-state index contributed by atoms with van der Waals surface area (Å²) in [5.74, 6) is 0. The SMILES string of the molecule is C=CCN(CC=C)[PH]1(F)N=P(F)(F)N=P(F)(F)N1. The third kappa shape index (κ3) is 3.97. The van der Waals surface area contributed by atoms with Crippen molar-refractivity contribution in [1.29, 1.82) is 0 Å². The van der Waals surface area contributed by atoms with E-state index in [1.807, 2.05) is 4.52 Å². The first-order chi connectivity index (χ1) is 8.14. The van der Waals surface area contributed by atoms with Gasteiger partial charge in [-0.2, -0.15) is 0 Å². The van der Waals surface area contributed by atoms with Crippen LogP contribution in [-0.2, 0) is 0 Å². The molecule has 1 aliphatic rings. The summed E-state index contributed by atoms with van der Waals surface area (Å²) in [4.78, 5) is 1.29. The Morgan fingerprint density at radius 2 is 1.67 bits per heavy atom. The van der Waals surface area contributed by atoms with Crippen LogP contribution in [0, 0.1) is 0 Å². The zero-order valence-electron chi connectivity index (χ0n) is 9.11. The summed E-state index contributed by atoms with van der Waals surface area (Å²) in [7, 11) is -16.1. The standard InChI is InChI=1S/C6H12F5N4P3/c1-3-5-15(6-4-2)18(11)13-16(7,8)12-17(9,10)14-18/h3-4,13,18H,1-2,5-6H2. The Kier molecular flexibility index (Phi) is 4.90. The first kappa shape index (κ1) is 16.0. The molecule has 0 aliphatic carbocycles. The number of hydrogen-bond donors (Lipinski definition) is 1. The molecule has 0 saturated carbocycles. The zero-order valence-corrected chi connectivity index (χ0v) is 11.9. The van der Waals surface area contributed by atoms with Gasteiger partial charge in [-0.1, -0.05) is 0 Å². The molecule has 0 bridgehead atoms. The Balaban J connectivity index is 3.20. The monoisotopic (exact) mass is 328 g/mol. The molecule has 0 atom stereocenters. The molecule has 106 valence electrons. The van der Waals surface area contributed by atoms with Gasteiger partial charge in [-0.25, -0.2) is 0 Å². The van der Waals surface area contributed by atoms with E-state index in [0.29, 0.717) is 0 Å². The Hall–Kier alpha value is -0.0600. The fraction of sp³-hybridized carbons (Fsp3) is 0.333. The van der Waals surface area contributed by atoms with E-state index in [0.717, 1.165) is 4.67 Å². The third-order valence-electron chi connectivity index (χ3n) is 1.87. The van der Waals surface area contributed by atoms with Crippen molar-refractivity contribution < 1.29 is 21.0 Å². The van der Waals surface area contributed by atoms with E-state index < -0.39 is 23.7 Å². The molecule has 0 spiro atoms. The van der Waals surface area contributed by atoms with Gasteiger partial charge in [0.15, 0.2) is 0 Å². The van der Waals surface area contributed by atoms with E-state index in [2.05, 4.69) is 17.7 Å². The maximum absolute atomic E-state index is 14.3. The van der Waals surface area contributed by atoms with Crippen molar-refractivity contribution in [1.82, 2.24) is 9.53 Å². The van der Waals surface area contributed by atoms with Crippen molar-refractivity contribution in [3.63, 3.8) is 0 Å². The van der Waals surface area contributed by atoms with Crippen LogP contribution in [0.1, 0.15) is 0 Å². The summed E-state index contributed by atoms with van der Waals surface area (Å²) in [5.41, 5.74) is 0. The molecule has 0 fully saturated rings. The summed E-state index contributed by atoms with van der Waals surface area (Å²) < 4.78 is 72.0.